The van der Waals surface area contributed by atoms with E-state index < -0.39 is 0 Å². The highest BCUT2D eigenvalue weighted by Crippen LogP contribution is 2.37. The largest absolute Gasteiger partial charge is 0.377 e. The van der Waals surface area contributed by atoms with Crippen molar-refractivity contribution in [2.45, 2.75) is 64.9 Å². The highest BCUT2D eigenvalue weighted by molar-refractivity contribution is 5.64. The molecule has 1 aliphatic rings. The monoisotopic (exact) mass is 362 g/mol. The molecule has 0 aromatic heterocycles. The van der Waals surface area contributed by atoms with Crippen molar-refractivity contribution in [3.63, 3.8) is 0 Å². The first kappa shape index (κ1) is 19.9. The highest BCUT2D eigenvalue weighted by atomic mass is 16.5. The van der Waals surface area contributed by atoms with Gasteiger partial charge >= 0.3 is 0 Å². The molecule has 144 valence electrons. The molecule has 3 rings (SSSR count). The number of hydrogen-bond acceptors (Lipinski definition) is 1. The van der Waals surface area contributed by atoms with Gasteiger partial charge in [-0.25, -0.2) is 0 Å². The van der Waals surface area contributed by atoms with Gasteiger partial charge in [-0.1, -0.05) is 74.0 Å². The van der Waals surface area contributed by atoms with Gasteiger partial charge in [0.2, 0.25) is 0 Å². The predicted octanol–water partition coefficient (Wildman–Crippen LogP) is 7.52. The molecule has 1 nitrogen and oxygen atoms in total. The Morgan fingerprint density at radius 1 is 0.852 bits per heavy atom. The van der Waals surface area contributed by atoms with Crippen molar-refractivity contribution < 1.29 is 4.74 Å². The number of rotatable bonds is 8. The fourth-order valence-corrected chi connectivity index (χ4v) is 4.06. The fourth-order valence-electron chi connectivity index (χ4n) is 4.06. The van der Waals surface area contributed by atoms with Gasteiger partial charge in [0.25, 0.3) is 0 Å². The van der Waals surface area contributed by atoms with Crippen LogP contribution in [0.5, 0.6) is 0 Å². The summed E-state index contributed by atoms with van der Waals surface area (Å²) in [6.07, 6.45) is 12.7. The van der Waals surface area contributed by atoms with Crippen LogP contribution in [0.2, 0.25) is 0 Å². The molecule has 0 atom stereocenters. The Hall–Kier alpha value is -1.86. The van der Waals surface area contributed by atoms with Crippen molar-refractivity contribution in [2.24, 2.45) is 5.92 Å². The van der Waals surface area contributed by atoms with Crippen LogP contribution in [0.25, 0.3) is 11.1 Å². The molecule has 1 aliphatic carbocycles. The standard InChI is InChI=1S/C26H34O/c1-3-5-6-7-21-8-12-23(13-9-21)25-16-18-26(19-17-25)24-14-10-22(11-15-24)20-27-4-2/h6-7,10-11,14-19,21,23H,3-5,8-9,12-13,20H2,1-2H3. The molecule has 0 aliphatic heterocycles. The lowest BCUT2D eigenvalue weighted by atomic mass is 9.78. The molecule has 1 saturated carbocycles. The zero-order valence-electron chi connectivity index (χ0n) is 17.0. The maximum Gasteiger partial charge on any atom is 0.0716 e. The first-order valence-corrected chi connectivity index (χ1v) is 10.7. The van der Waals surface area contributed by atoms with E-state index in [1.165, 1.54) is 60.8 Å². The Labute approximate surface area is 165 Å². The lowest BCUT2D eigenvalue weighted by molar-refractivity contribution is 0.134. The van der Waals surface area contributed by atoms with Gasteiger partial charge in [-0.3, -0.25) is 0 Å². The van der Waals surface area contributed by atoms with Gasteiger partial charge in [0, 0.05) is 6.61 Å². The van der Waals surface area contributed by atoms with E-state index in [4.69, 9.17) is 4.74 Å². The molecule has 2 aromatic carbocycles. The van der Waals surface area contributed by atoms with Crippen molar-refractivity contribution in [1.29, 1.82) is 0 Å². The number of allylic oxidation sites excluding steroid dienone is 2. The smallest absolute Gasteiger partial charge is 0.0716 e. The van der Waals surface area contributed by atoms with E-state index in [1.807, 2.05) is 6.92 Å². The van der Waals surface area contributed by atoms with E-state index in [-0.39, 0.29) is 0 Å². The quantitative estimate of drug-likeness (QED) is 0.441. The first-order chi connectivity index (χ1) is 13.3. The van der Waals surface area contributed by atoms with Crippen molar-refractivity contribution in [2.75, 3.05) is 6.61 Å². The second-order valence-electron chi connectivity index (χ2n) is 7.78. The van der Waals surface area contributed by atoms with E-state index in [2.05, 4.69) is 67.6 Å². The fraction of sp³-hybridized carbons (Fsp3) is 0.462. The molecule has 27 heavy (non-hydrogen) atoms. The van der Waals surface area contributed by atoms with Crippen LogP contribution in [0.3, 0.4) is 0 Å². The van der Waals surface area contributed by atoms with E-state index in [0.29, 0.717) is 6.61 Å². The van der Waals surface area contributed by atoms with Gasteiger partial charge in [-0.15, -0.1) is 0 Å². The normalized spacial score (nSPS) is 20.2. The second kappa shape index (κ2) is 10.5. The number of benzene rings is 2. The van der Waals surface area contributed by atoms with Crippen LogP contribution in [0.1, 0.15) is 69.4 Å². The Morgan fingerprint density at radius 3 is 2.07 bits per heavy atom. The Morgan fingerprint density at radius 2 is 1.48 bits per heavy atom. The summed E-state index contributed by atoms with van der Waals surface area (Å²) in [5.41, 5.74) is 5.34. The van der Waals surface area contributed by atoms with E-state index >= 15 is 0 Å². The molecule has 2 aromatic rings. The third-order valence-electron chi connectivity index (χ3n) is 5.78. The summed E-state index contributed by atoms with van der Waals surface area (Å²) in [4.78, 5) is 0. The van der Waals surface area contributed by atoms with E-state index in [0.717, 1.165) is 18.4 Å². The predicted molar refractivity (Wildman–Crippen MR) is 116 cm³/mol. The summed E-state index contributed by atoms with van der Waals surface area (Å²) >= 11 is 0. The zero-order chi connectivity index (χ0) is 18.9. The molecule has 0 radical (unpaired) electrons. The number of hydrogen-bond donors (Lipinski definition) is 0. The lowest BCUT2D eigenvalue weighted by Gasteiger charge is -2.27. The minimum Gasteiger partial charge on any atom is -0.377 e. The number of ether oxygens (including phenoxy) is 1. The first-order valence-electron chi connectivity index (χ1n) is 10.7. The SMILES string of the molecule is CCCC=CC1CCC(c2ccc(-c3ccc(COCC)cc3)cc2)CC1. The van der Waals surface area contributed by atoms with Gasteiger partial charge in [-0.2, -0.15) is 0 Å². The summed E-state index contributed by atoms with van der Waals surface area (Å²) in [5.74, 6) is 1.55. The van der Waals surface area contributed by atoms with Crippen molar-refractivity contribution in [3.05, 3.63) is 71.8 Å². The van der Waals surface area contributed by atoms with Crippen LogP contribution >= 0.6 is 0 Å². The zero-order valence-corrected chi connectivity index (χ0v) is 17.0. The molecule has 0 amide bonds. The Kier molecular flexibility index (Phi) is 7.71. The number of unbranched alkanes of at least 4 members (excludes halogenated alkanes) is 1. The van der Waals surface area contributed by atoms with Gasteiger partial charge in [-0.05, 0) is 73.1 Å². The summed E-state index contributed by atoms with van der Waals surface area (Å²) in [6, 6.07) is 18.0. The van der Waals surface area contributed by atoms with Crippen molar-refractivity contribution in [3.8, 4) is 11.1 Å². The molecular weight excluding hydrogens is 328 g/mol. The summed E-state index contributed by atoms with van der Waals surface area (Å²) < 4.78 is 5.48. The molecule has 0 saturated heterocycles. The van der Waals surface area contributed by atoms with Crippen molar-refractivity contribution in [1.82, 2.24) is 0 Å². The average molecular weight is 363 g/mol. The van der Waals surface area contributed by atoms with E-state index in [9.17, 15) is 0 Å². The maximum absolute atomic E-state index is 5.48. The van der Waals surface area contributed by atoms with Gasteiger partial charge in [0.05, 0.1) is 6.61 Å². The molecule has 0 bridgehead atoms. The maximum atomic E-state index is 5.48. The van der Waals surface area contributed by atoms with Crippen LogP contribution < -0.4 is 0 Å². The Bertz CT molecular complexity index is 688. The van der Waals surface area contributed by atoms with Crippen LogP contribution in [0, 0.1) is 5.92 Å². The molecule has 1 fully saturated rings. The third kappa shape index (κ3) is 5.81. The molecule has 0 heterocycles. The van der Waals surface area contributed by atoms with Crippen molar-refractivity contribution >= 4 is 0 Å². The summed E-state index contributed by atoms with van der Waals surface area (Å²) in [5, 5.41) is 0. The average Bonchev–Trinajstić information content (AvgIpc) is 2.73. The van der Waals surface area contributed by atoms with E-state index in [1.54, 1.807) is 0 Å². The Balaban J connectivity index is 1.56. The van der Waals surface area contributed by atoms with Crippen LogP contribution in [-0.2, 0) is 11.3 Å². The van der Waals surface area contributed by atoms with Gasteiger partial charge in [0.15, 0.2) is 0 Å². The van der Waals surface area contributed by atoms with Gasteiger partial charge < -0.3 is 4.74 Å². The van der Waals surface area contributed by atoms with Gasteiger partial charge in [0.1, 0.15) is 0 Å². The lowest BCUT2D eigenvalue weighted by Crippen LogP contribution is -2.11. The van der Waals surface area contributed by atoms with Crippen LogP contribution in [-0.4, -0.2) is 6.61 Å². The van der Waals surface area contributed by atoms with Crippen LogP contribution in [0.4, 0.5) is 0 Å². The molecular formula is C26H34O. The highest BCUT2D eigenvalue weighted by Gasteiger charge is 2.20. The third-order valence-corrected chi connectivity index (χ3v) is 5.78. The second-order valence-corrected chi connectivity index (χ2v) is 7.78. The molecule has 0 N–H and O–H groups in total. The molecule has 1 heteroatoms. The van der Waals surface area contributed by atoms with Crippen LogP contribution in [0.15, 0.2) is 60.7 Å². The summed E-state index contributed by atoms with van der Waals surface area (Å²) in [6.45, 7) is 5.75. The minimum absolute atomic E-state index is 0.700. The minimum atomic E-state index is 0.700. The molecule has 0 unspecified atom stereocenters. The topological polar surface area (TPSA) is 9.23 Å². The summed E-state index contributed by atoms with van der Waals surface area (Å²) in [7, 11) is 0. The molecule has 0 spiro atoms.